The van der Waals surface area contributed by atoms with Crippen molar-refractivity contribution in [1.29, 1.82) is 0 Å². The Morgan fingerprint density at radius 2 is 1.58 bits per heavy atom. The van der Waals surface area contributed by atoms with E-state index in [4.69, 9.17) is 0 Å². The summed E-state index contributed by atoms with van der Waals surface area (Å²) < 4.78 is 0. The van der Waals surface area contributed by atoms with E-state index >= 15 is 0 Å². The highest BCUT2D eigenvalue weighted by Gasteiger charge is 2.02. The van der Waals surface area contributed by atoms with Gasteiger partial charge < -0.3 is 5.32 Å². The number of rotatable bonds is 10. The Kier molecular flexibility index (Phi) is 8.36. The van der Waals surface area contributed by atoms with Gasteiger partial charge in [0.25, 0.3) is 0 Å². The second-order valence-electron chi connectivity index (χ2n) is 5.70. The highest BCUT2D eigenvalue weighted by Crippen LogP contribution is 2.14. The van der Waals surface area contributed by atoms with E-state index < -0.39 is 0 Å². The summed E-state index contributed by atoms with van der Waals surface area (Å²) in [5.41, 5.74) is 2.71. The number of anilines is 1. The van der Waals surface area contributed by atoms with Crippen LogP contribution in [0, 0.1) is 0 Å². The van der Waals surface area contributed by atoms with Gasteiger partial charge in [0.1, 0.15) is 0 Å². The standard InChI is InChI=1S/C18H31N/c1-4-6-7-8-9-11-16(3)19-18-14-12-17(10-5-2)13-15-18/h12-16,19H,4-11H2,1-3H3. The van der Waals surface area contributed by atoms with E-state index in [2.05, 4.69) is 50.4 Å². The van der Waals surface area contributed by atoms with Crippen molar-refractivity contribution in [3.63, 3.8) is 0 Å². The Morgan fingerprint density at radius 3 is 2.21 bits per heavy atom. The Balaban J connectivity index is 2.22. The zero-order valence-electron chi connectivity index (χ0n) is 13.0. The SMILES string of the molecule is CCCCCCCC(C)Nc1ccc(CCC)cc1. The molecule has 1 atom stereocenters. The van der Waals surface area contributed by atoms with Gasteiger partial charge >= 0.3 is 0 Å². The number of hydrogen-bond donors (Lipinski definition) is 1. The molecule has 0 saturated heterocycles. The number of benzene rings is 1. The van der Waals surface area contributed by atoms with Gasteiger partial charge in [0, 0.05) is 11.7 Å². The zero-order valence-corrected chi connectivity index (χ0v) is 13.0. The Hall–Kier alpha value is -0.980. The molecule has 0 radical (unpaired) electrons. The predicted octanol–water partition coefficient (Wildman–Crippen LogP) is 5.80. The van der Waals surface area contributed by atoms with Gasteiger partial charge in [-0.1, -0.05) is 64.5 Å². The molecule has 1 aromatic rings. The molecule has 0 aromatic heterocycles. The summed E-state index contributed by atoms with van der Waals surface area (Å²) >= 11 is 0. The Labute approximate surface area is 119 Å². The fraction of sp³-hybridized carbons (Fsp3) is 0.667. The van der Waals surface area contributed by atoms with Crippen LogP contribution < -0.4 is 5.32 Å². The minimum atomic E-state index is 0.582. The van der Waals surface area contributed by atoms with Crippen LogP contribution in [-0.4, -0.2) is 6.04 Å². The lowest BCUT2D eigenvalue weighted by atomic mass is 10.1. The van der Waals surface area contributed by atoms with E-state index in [-0.39, 0.29) is 0 Å². The molecule has 0 bridgehead atoms. The van der Waals surface area contributed by atoms with Crippen LogP contribution in [0.4, 0.5) is 5.69 Å². The number of aryl methyl sites for hydroxylation is 1. The molecule has 0 aliphatic rings. The maximum atomic E-state index is 3.60. The lowest BCUT2D eigenvalue weighted by Crippen LogP contribution is -2.14. The molecule has 0 spiro atoms. The summed E-state index contributed by atoms with van der Waals surface area (Å²) in [7, 11) is 0. The third kappa shape index (κ3) is 7.25. The molecule has 1 aromatic carbocycles. The van der Waals surface area contributed by atoms with Crippen molar-refractivity contribution in [1.82, 2.24) is 0 Å². The summed E-state index contributed by atoms with van der Waals surface area (Å²) in [6.07, 6.45) is 10.5. The van der Waals surface area contributed by atoms with Crippen molar-refractivity contribution in [2.75, 3.05) is 5.32 Å². The lowest BCUT2D eigenvalue weighted by Gasteiger charge is -2.15. The van der Waals surface area contributed by atoms with Crippen LogP contribution in [0.1, 0.15) is 71.3 Å². The zero-order chi connectivity index (χ0) is 13.9. The van der Waals surface area contributed by atoms with Gasteiger partial charge in [0.2, 0.25) is 0 Å². The summed E-state index contributed by atoms with van der Waals surface area (Å²) in [6, 6.07) is 9.52. The van der Waals surface area contributed by atoms with Crippen LogP contribution in [0.5, 0.6) is 0 Å². The summed E-state index contributed by atoms with van der Waals surface area (Å²) in [4.78, 5) is 0. The molecule has 0 aliphatic carbocycles. The van der Waals surface area contributed by atoms with Gasteiger partial charge in [-0.3, -0.25) is 0 Å². The fourth-order valence-corrected chi connectivity index (χ4v) is 2.47. The molecule has 1 unspecified atom stereocenters. The van der Waals surface area contributed by atoms with Crippen LogP contribution in [-0.2, 0) is 6.42 Å². The Morgan fingerprint density at radius 1 is 0.895 bits per heavy atom. The second-order valence-corrected chi connectivity index (χ2v) is 5.70. The van der Waals surface area contributed by atoms with Crippen molar-refractivity contribution in [2.24, 2.45) is 0 Å². The molecule has 108 valence electrons. The molecule has 0 aliphatic heterocycles. The van der Waals surface area contributed by atoms with Crippen molar-refractivity contribution in [3.05, 3.63) is 29.8 Å². The van der Waals surface area contributed by atoms with Gasteiger partial charge in [-0.15, -0.1) is 0 Å². The Bertz CT molecular complexity index is 315. The molecule has 1 heteroatoms. The average Bonchev–Trinajstić information content (AvgIpc) is 2.41. The largest absolute Gasteiger partial charge is 0.383 e. The van der Waals surface area contributed by atoms with Crippen LogP contribution in [0.25, 0.3) is 0 Å². The fourth-order valence-electron chi connectivity index (χ4n) is 2.47. The quantitative estimate of drug-likeness (QED) is 0.525. The van der Waals surface area contributed by atoms with Crippen LogP contribution in [0.2, 0.25) is 0 Å². The maximum absolute atomic E-state index is 3.60. The van der Waals surface area contributed by atoms with Crippen LogP contribution in [0.3, 0.4) is 0 Å². The molecular formula is C18H31N. The molecule has 1 rings (SSSR count). The van der Waals surface area contributed by atoms with Crippen LogP contribution >= 0.6 is 0 Å². The minimum Gasteiger partial charge on any atom is -0.383 e. The highest BCUT2D eigenvalue weighted by molar-refractivity contribution is 5.45. The molecule has 0 amide bonds. The van der Waals surface area contributed by atoms with E-state index in [1.807, 2.05) is 0 Å². The summed E-state index contributed by atoms with van der Waals surface area (Å²) in [5, 5.41) is 3.60. The van der Waals surface area contributed by atoms with Gasteiger partial charge in [-0.2, -0.15) is 0 Å². The first-order valence-electron chi connectivity index (χ1n) is 8.11. The molecule has 1 nitrogen and oxygen atoms in total. The van der Waals surface area contributed by atoms with Crippen molar-refractivity contribution in [3.8, 4) is 0 Å². The van der Waals surface area contributed by atoms with Gasteiger partial charge in [-0.05, 0) is 37.5 Å². The normalized spacial score (nSPS) is 12.4. The third-order valence-corrected chi connectivity index (χ3v) is 3.65. The van der Waals surface area contributed by atoms with Crippen molar-refractivity contribution < 1.29 is 0 Å². The number of nitrogens with one attached hydrogen (secondary N) is 1. The van der Waals surface area contributed by atoms with E-state index in [0.29, 0.717) is 6.04 Å². The molecule has 19 heavy (non-hydrogen) atoms. The van der Waals surface area contributed by atoms with Gasteiger partial charge in [-0.25, -0.2) is 0 Å². The van der Waals surface area contributed by atoms with Gasteiger partial charge in [0.15, 0.2) is 0 Å². The minimum absolute atomic E-state index is 0.582. The topological polar surface area (TPSA) is 12.0 Å². The molecule has 0 fully saturated rings. The van der Waals surface area contributed by atoms with Crippen molar-refractivity contribution in [2.45, 2.75) is 78.2 Å². The summed E-state index contributed by atoms with van der Waals surface area (Å²) in [6.45, 7) is 6.79. The highest BCUT2D eigenvalue weighted by atomic mass is 14.9. The van der Waals surface area contributed by atoms with E-state index in [9.17, 15) is 0 Å². The smallest absolute Gasteiger partial charge is 0.0342 e. The lowest BCUT2D eigenvalue weighted by molar-refractivity contribution is 0.578. The number of hydrogen-bond acceptors (Lipinski definition) is 1. The maximum Gasteiger partial charge on any atom is 0.0342 e. The molecule has 0 saturated carbocycles. The van der Waals surface area contributed by atoms with E-state index in [1.165, 1.54) is 62.6 Å². The first-order chi connectivity index (χ1) is 9.26. The van der Waals surface area contributed by atoms with E-state index in [1.54, 1.807) is 0 Å². The molecular weight excluding hydrogens is 230 g/mol. The molecule has 1 N–H and O–H groups in total. The average molecular weight is 261 g/mol. The van der Waals surface area contributed by atoms with Crippen molar-refractivity contribution >= 4 is 5.69 Å². The monoisotopic (exact) mass is 261 g/mol. The molecule has 0 heterocycles. The first-order valence-corrected chi connectivity index (χ1v) is 8.11. The summed E-state index contributed by atoms with van der Waals surface area (Å²) in [5.74, 6) is 0. The van der Waals surface area contributed by atoms with Crippen LogP contribution in [0.15, 0.2) is 24.3 Å². The predicted molar refractivity (Wildman–Crippen MR) is 86.9 cm³/mol. The van der Waals surface area contributed by atoms with E-state index in [0.717, 1.165) is 0 Å². The number of unbranched alkanes of at least 4 members (excludes halogenated alkanes) is 4. The second kappa shape index (κ2) is 9.89. The first kappa shape index (κ1) is 16.1. The third-order valence-electron chi connectivity index (χ3n) is 3.65. The van der Waals surface area contributed by atoms with Gasteiger partial charge in [0.05, 0.1) is 0 Å².